The summed E-state index contributed by atoms with van der Waals surface area (Å²) in [5, 5.41) is -1.40. The molecule has 0 amide bonds. The molecule has 0 atom stereocenters. The number of ether oxygens (including phenoxy) is 1. The molecule has 0 spiro atoms. The summed E-state index contributed by atoms with van der Waals surface area (Å²) in [6.07, 6.45) is 8.10. The van der Waals surface area contributed by atoms with Crippen molar-refractivity contribution in [1.29, 1.82) is 0 Å². The predicted molar refractivity (Wildman–Crippen MR) is 95.4 cm³/mol. The van der Waals surface area contributed by atoms with Gasteiger partial charge in [0.25, 0.3) is 5.29 Å². The number of unbranched alkanes of at least 4 members (excludes halogenated alkanes) is 6. The van der Waals surface area contributed by atoms with Crippen LogP contribution in [0.5, 0.6) is 0 Å². The lowest BCUT2D eigenvalue weighted by molar-refractivity contribution is 0.133. The third kappa shape index (κ3) is 9.83. The Labute approximate surface area is 141 Å². The number of rotatable bonds is 14. The van der Waals surface area contributed by atoms with Crippen molar-refractivity contribution in [2.24, 2.45) is 0 Å². The van der Waals surface area contributed by atoms with E-state index in [2.05, 4.69) is 25.5 Å². The summed E-state index contributed by atoms with van der Waals surface area (Å²) in [6, 6.07) is 4.47. The summed E-state index contributed by atoms with van der Waals surface area (Å²) in [6.45, 7) is 7.31. The fraction of sp³-hybridized carbons (Fsp3) is 0.882. The Morgan fingerprint density at radius 1 is 0.818 bits per heavy atom. The van der Waals surface area contributed by atoms with Crippen LogP contribution in [-0.4, -0.2) is 14.7 Å². The molecule has 0 rings (SSSR count). The van der Waals surface area contributed by atoms with E-state index < -0.39 is 19.4 Å². The van der Waals surface area contributed by atoms with Gasteiger partial charge in [-0.25, -0.2) is 0 Å². The Kier molecular flexibility index (Phi) is 13.3. The molecule has 0 N–H and O–H groups in total. The number of halogens is 3. The fourth-order valence-corrected chi connectivity index (χ4v) is 6.60. The van der Waals surface area contributed by atoms with E-state index in [-0.39, 0.29) is 6.61 Å². The fourth-order valence-electron chi connectivity index (χ4n) is 2.98. The number of hydrogen-bond acceptors (Lipinski definition) is 1. The van der Waals surface area contributed by atoms with Crippen LogP contribution in [0, 0.1) is 0 Å². The van der Waals surface area contributed by atoms with Crippen molar-refractivity contribution in [3.8, 4) is 0 Å². The van der Waals surface area contributed by atoms with Gasteiger partial charge in [-0.3, -0.25) is 0 Å². The zero-order valence-electron chi connectivity index (χ0n) is 14.5. The zero-order chi connectivity index (χ0) is 16.8. The first-order valence-electron chi connectivity index (χ1n) is 8.85. The quantitative estimate of drug-likeness (QED) is 0.178. The third-order valence-electron chi connectivity index (χ3n) is 4.98. The summed E-state index contributed by atoms with van der Waals surface area (Å²) < 4.78 is 29.3. The van der Waals surface area contributed by atoms with Crippen LogP contribution in [-0.2, 0) is 4.74 Å². The van der Waals surface area contributed by atoms with Crippen molar-refractivity contribution < 1.29 is 13.5 Å². The Bertz CT molecular complexity index is 295. The first kappa shape index (κ1) is 21.9. The SMILES string of the molecule is CC[Si](CC)(CC)CCCCCCCCCOC(F)=C(F)Cl. The van der Waals surface area contributed by atoms with Gasteiger partial charge in [-0.2, -0.15) is 8.78 Å². The van der Waals surface area contributed by atoms with E-state index in [1.54, 1.807) is 0 Å². The minimum atomic E-state index is -1.40. The topological polar surface area (TPSA) is 9.23 Å². The lowest BCUT2D eigenvalue weighted by atomic mass is 10.1. The molecule has 5 heteroatoms. The van der Waals surface area contributed by atoms with Gasteiger partial charge in [0, 0.05) is 0 Å². The minimum Gasteiger partial charge on any atom is -0.468 e. The molecule has 0 aromatic carbocycles. The van der Waals surface area contributed by atoms with Gasteiger partial charge in [-0.05, 0) is 18.0 Å². The van der Waals surface area contributed by atoms with Gasteiger partial charge in [0.1, 0.15) is 0 Å². The van der Waals surface area contributed by atoms with Crippen molar-refractivity contribution in [3.63, 3.8) is 0 Å². The third-order valence-corrected chi connectivity index (χ3v) is 11.0. The van der Waals surface area contributed by atoms with E-state index in [0.717, 1.165) is 19.3 Å². The van der Waals surface area contributed by atoms with Crippen molar-refractivity contribution in [3.05, 3.63) is 11.3 Å². The predicted octanol–water partition coefficient (Wildman–Crippen LogP) is 7.55. The van der Waals surface area contributed by atoms with Crippen molar-refractivity contribution in [1.82, 2.24) is 0 Å². The molecule has 0 fully saturated rings. The van der Waals surface area contributed by atoms with Crippen molar-refractivity contribution in [2.45, 2.75) is 89.9 Å². The molecule has 0 saturated carbocycles. The van der Waals surface area contributed by atoms with E-state index in [1.165, 1.54) is 49.9 Å². The minimum absolute atomic E-state index is 0.198. The van der Waals surface area contributed by atoms with Gasteiger partial charge in [0.15, 0.2) is 0 Å². The summed E-state index contributed by atoms with van der Waals surface area (Å²) in [5.74, 6) is 0. The molecule has 0 aliphatic heterocycles. The monoisotopic (exact) mass is 354 g/mol. The number of hydrogen-bond donors (Lipinski definition) is 0. The second-order valence-electron chi connectivity index (χ2n) is 6.17. The molecule has 0 radical (unpaired) electrons. The highest BCUT2D eigenvalue weighted by atomic mass is 35.5. The summed E-state index contributed by atoms with van der Waals surface area (Å²) in [5.41, 5.74) is 0. The van der Waals surface area contributed by atoms with E-state index in [0.29, 0.717) is 0 Å². The van der Waals surface area contributed by atoms with Gasteiger partial charge in [-0.15, -0.1) is 0 Å². The Hall–Kier alpha value is -0.0931. The largest absolute Gasteiger partial charge is 0.468 e. The van der Waals surface area contributed by atoms with E-state index >= 15 is 0 Å². The van der Waals surface area contributed by atoms with Gasteiger partial charge in [0.05, 0.1) is 14.7 Å². The van der Waals surface area contributed by atoms with Crippen LogP contribution in [0.4, 0.5) is 8.78 Å². The van der Waals surface area contributed by atoms with Gasteiger partial charge >= 0.3 is 6.01 Å². The Morgan fingerprint density at radius 2 is 1.27 bits per heavy atom. The van der Waals surface area contributed by atoms with Gasteiger partial charge in [-0.1, -0.05) is 83.5 Å². The van der Waals surface area contributed by atoms with Gasteiger partial charge in [0.2, 0.25) is 0 Å². The molecular formula is C17H33ClF2OSi. The standard InChI is InChI=1S/C17H33ClF2OSi/c1-4-22(5-2,6-3)15-13-11-9-7-8-10-12-14-21-17(20)16(18)19/h4-15H2,1-3H3. The molecule has 22 heavy (non-hydrogen) atoms. The van der Waals surface area contributed by atoms with Crippen LogP contribution in [0.15, 0.2) is 11.3 Å². The molecule has 0 aliphatic rings. The summed E-state index contributed by atoms with van der Waals surface area (Å²) in [4.78, 5) is 0. The highest BCUT2D eigenvalue weighted by Gasteiger charge is 2.25. The summed E-state index contributed by atoms with van der Waals surface area (Å²) >= 11 is 4.82. The van der Waals surface area contributed by atoms with Crippen LogP contribution in [0.2, 0.25) is 24.2 Å². The zero-order valence-corrected chi connectivity index (χ0v) is 16.3. The van der Waals surface area contributed by atoms with E-state index in [4.69, 9.17) is 11.6 Å². The van der Waals surface area contributed by atoms with E-state index in [1.807, 2.05) is 0 Å². The first-order chi connectivity index (χ1) is 10.5. The normalized spacial score (nSPS) is 13.2. The van der Waals surface area contributed by atoms with Crippen LogP contribution >= 0.6 is 11.6 Å². The van der Waals surface area contributed by atoms with Crippen LogP contribution in [0.3, 0.4) is 0 Å². The molecule has 1 nitrogen and oxygen atoms in total. The molecule has 0 aromatic rings. The van der Waals surface area contributed by atoms with Crippen molar-refractivity contribution in [2.75, 3.05) is 6.61 Å². The van der Waals surface area contributed by atoms with Crippen molar-refractivity contribution >= 4 is 19.7 Å². The van der Waals surface area contributed by atoms with Crippen LogP contribution in [0.1, 0.15) is 65.7 Å². The molecule has 0 unspecified atom stereocenters. The molecule has 0 heterocycles. The second-order valence-corrected chi connectivity index (χ2v) is 12.1. The molecular weight excluding hydrogens is 322 g/mol. The maximum absolute atomic E-state index is 12.6. The lowest BCUT2D eigenvalue weighted by Crippen LogP contribution is -2.30. The average molecular weight is 355 g/mol. The smallest absolute Gasteiger partial charge is 0.321 e. The second kappa shape index (κ2) is 13.4. The van der Waals surface area contributed by atoms with E-state index in [9.17, 15) is 8.78 Å². The van der Waals surface area contributed by atoms with Crippen LogP contribution < -0.4 is 0 Å². The Morgan fingerprint density at radius 3 is 1.73 bits per heavy atom. The molecule has 0 saturated heterocycles. The highest BCUT2D eigenvalue weighted by Crippen LogP contribution is 2.27. The highest BCUT2D eigenvalue weighted by molar-refractivity contribution is 6.79. The molecule has 0 aromatic heterocycles. The molecule has 0 bridgehead atoms. The Balaban J connectivity index is 3.46. The molecule has 0 aliphatic carbocycles. The molecule has 132 valence electrons. The lowest BCUT2D eigenvalue weighted by Gasteiger charge is -2.28. The van der Waals surface area contributed by atoms with Crippen LogP contribution in [0.25, 0.3) is 0 Å². The summed E-state index contributed by atoms with van der Waals surface area (Å²) in [7, 11) is -0.921. The first-order valence-corrected chi connectivity index (χ1v) is 12.1. The maximum atomic E-state index is 12.6. The maximum Gasteiger partial charge on any atom is 0.321 e. The average Bonchev–Trinajstić information content (AvgIpc) is 2.53. The van der Waals surface area contributed by atoms with Gasteiger partial charge < -0.3 is 4.74 Å².